The summed E-state index contributed by atoms with van der Waals surface area (Å²) in [5.74, 6) is 0.647. The van der Waals surface area contributed by atoms with Crippen molar-refractivity contribution in [1.82, 2.24) is 0 Å². The van der Waals surface area contributed by atoms with E-state index in [1.165, 1.54) is 6.07 Å². The Labute approximate surface area is 160 Å². The average Bonchev–Trinajstić information content (AvgIpc) is 2.95. The van der Waals surface area contributed by atoms with Crippen LogP contribution >= 0.6 is 34.5 Å². The summed E-state index contributed by atoms with van der Waals surface area (Å²) in [4.78, 5) is 0. The van der Waals surface area contributed by atoms with Crippen LogP contribution in [0.5, 0.6) is 5.75 Å². The van der Waals surface area contributed by atoms with Crippen molar-refractivity contribution in [2.45, 2.75) is 10.8 Å². The second-order valence-electron chi connectivity index (χ2n) is 5.09. The zero-order valence-corrected chi connectivity index (χ0v) is 15.9. The maximum absolute atomic E-state index is 12.3. The number of sulfonamides is 1. The normalized spacial score (nSPS) is 11.3. The molecule has 0 spiro atoms. The number of benzene rings is 2. The van der Waals surface area contributed by atoms with E-state index in [0.717, 1.165) is 16.9 Å². The number of nitrogens with one attached hydrogen (secondary N) is 1. The van der Waals surface area contributed by atoms with Gasteiger partial charge in [0.15, 0.2) is 0 Å². The lowest BCUT2D eigenvalue weighted by molar-refractivity contribution is 0.306. The lowest BCUT2D eigenvalue weighted by Gasteiger charge is -2.09. The predicted octanol–water partition coefficient (Wildman–Crippen LogP) is 5.43. The topological polar surface area (TPSA) is 55.4 Å². The van der Waals surface area contributed by atoms with Gasteiger partial charge in [0.2, 0.25) is 0 Å². The molecule has 0 bridgehead atoms. The van der Waals surface area contributed by atoms with Gasteiger partial charge in [-0.2, -0.15) is 0 Å². The molecule has 3 rings (SSSR count). The molecule has 0 aliphatic heterocycles. The van der Waals surface area contributed by atoms with Crippen molar-refractivity contribution in [1.29, 1.82) is 0 Å². The summed E-state index contributed by atoms with van der Waals surface area (Å²) in [7, 11) is -3.72. The molecule has 0 aliphatic rings. The molecule has 0 aliphatic carbocycles. The number of anilines is 1. The number of thiophene rings is 1. The number of hydrogen-bond donors (Lipinski definition) is 1. The molecule has 0 atom stereocenters. The molecule has 130 valence electrons. The fourth-order valence-corrected chi connectivity index (χ4v) is 4.96. The standard InChI is InChI=1S/C17H13Cl2NO3S2/c18-15-10-16(24-17(15)19)25(21,22)20-13-6-8-14(9-7-13)23-11-12-4-2-1-3-5-12/h1-10,20H,11H2. The molecule has 0 amide bonds. The van der Waals surface area contributed by atoms with E-state index >= 15 is 0 Å². The second-order valence-corrected chi connectivity index (χ2v) is 9.06. The highest BCUT2D eigenvalue weighted by molar-refractivity contribution is 7.94. The lowest BCUT2D eigenvalue weighted by atomic mass is 10.2. The Morgan fingerprint density at radius 3 is 2.28 bits per heavy atom. The van der Waals surface area contributed by atoms with Gasteiger partial charge in [0.05, 0.1) is 5.02 Å². The van der Waals surface area contributed by atoms with Gasteiger partial charge < -0.3 is 4.74 Å². The highest BCUT2D eigenvalue weighted by Gasteiger charge is 2.19. The molecule has 8 heteroatoms. The molecule has 1 N–H and O–H groups in total. The van der Waals surface area contributed by atoms with Crippen LogP contribution in [0.15, 0.2) is 64.9 Å². The summed E-state index contributed by atoms with van der Waals surface area (Å²) in [6, 6.07) is 17.8. The van der Waals surface area contributed by atoms with Crippen molar-refractivity contribution in [3.8, 4) is 5.75 Å². The Morgan fingerprint density at radius 2 is 1.68 bits per heavy atom. The Hall–Kier alpha value is -1.73. The molecular formula is C17H13Cl2NO3S2. The van der Waals surface area contributed by atoms with Crippen LogP contribution in [0.4, 0.5) is 5.69 Å². The number of hydrogen-bond acceptors (Lipinski definition) is 4. The summed E-state index contributed by atoms with van der Waals surface area (Å²) < 4.78 is 33.1. The third kappa shape index (κ3) is 4.67. The van der Waals surface area contributed by atoms with E-state index in [2.05, 4.69) is 4.72 Å². The Bertz CT molecular complexity index is 936. The van der Waals surface area contributed by atoms with Gasteiger partial charge in [0.25, 0.3) is 10.0 Å². The van der Waals surface area contributed by atoms with Crippen molar-refractivity contribution in [2.24, 2.45) is 0 Å². The van der Waals surface area contributed by atoms with Gasteiger partial charge in [0.1, 0.15) is 20.9 Å². The molecule has 0 saturated carbocycles. The lowest BCUT2D eigenvalue weighted by Crippen LogP contribution is -2.11. The maximum atomic E-state index is 12.3. The minimum Gasteiger partial charge on any atom is -0.489 e. The number of halogens is 2. The van der Waals surface area contributed by atoms with Crippen molar-refractivity contribution in [3.05, 3.63) is 75.6 Å². The fourth-order valence-electron chi connectivity index (χ4n) is 2.02. The molecule has 3 aromatic rings. The molecule has 2 aromatic carbocycles. The van der Waals surface area contributed by atoms with Crippen LogP contribution in [0.1, 0.15) is 5.56 Å². The molecule has 0 fully saturated rings. The number of ether oxygens (including phenoxy) is 1. The Morgan fingerprint density at radius 1 is 1.00 bits per heavy atom. The van der Waals surface area contributed by atoms with Crippen LogP contribution in [0.25, 0.3) is 0 Å². The van der Waals surface area contributed by atoms with E-state index in [0.29, 0.717) is 18.0 Å². The summed E-state index contributed by atoms with van der Waals surface area (Å²) in [6.07, 6.45) is 0. The first-order valence-electron chi connectivity index (χ1n) is 7.18. The summed E-state index contributed by atoms with van der Waals surface area (Å²) in [5, 5.41) is 0.219. The van der Waals surface area contributed by atoms with Gasteiger partial charge >= 0.3 is 0 Å². The molecule has 25 heavy (non-hydrogen) atoms. The van der Waals surface area contributed by atoms with Crippen LogP contribution in [0.2, 0.25) is 9.36 Å². The molecule has 4 nitrogen and oxygen atoms in total. The summed E-state index contributed by atoms with van der Waals surface area (Å²) in [6.45, 7) is 0.443. The molecular weight excluding hydrogens is 401 g/mol. The first kappa shape index (κ1) is 18.1. The minimum absolute atomic E-state index is 0.0619. The first-order valence-corrected chi connectivity index (χ1v) is 10.2. The highest BCUT2D eigenvalue weighted by Crippen LogP contribution is 2.35. The molecule has 1 aromatic heterocycles. The smallest absolute Gasteiger partial charge is 0.271 e. The Balaban J connectivity index is 1.66. The maximum Gasteiger partial charge on any atom is 0.271 e. The monoisotopic (exact) mass is 413 g/mol. The molecule has 0 saturated heterocycles. The van der Waals surface area contributed by atoms with Gasteiger partial charge in [-0.15, -0.1) is 11.3 Å². The SMILES string of the molecule is O=S(=O)(Nc1ccc(OCc2ccccc2)cc1)c1cc(Cl)c(Cl)s1. The van der Waals surface area contributed by atoms with Gasteiger partial charge in [-0.05, 0) is 35.9 Å². The first-order chi connectivity index (χ1) is 11.9. The minimum atomic E-state index is -3.72. The largest absolute Gasteiger partial charge is 0.489 e. The van der Waals surface area contributed by atoms with Crippen molar-refractivity contribution >= 4 is 50.2 Å². The van der Waals surface area contributed by atoms with Gasteiger partial charge in [-0.3, -0.25) is 4.72 Å². The third-order valence-electron chi connectivity index (χ3n) is 3.24. The second kappa shape index (κ2) is 7.66. The zero-order chi connectivity index (χ0) is 17.9. The number of rotatable bonds is 6. The predicted molar refractivity (Wildman–Crippen MR) is 102 cm³/mol. The van der Waals surface area contributed by atoms with E-state index in [9.17, 15) is 8.42 Å². The summed E-state index contributed by atoms with van der Waals surface area (Å²) >= 11 is 12.5. The van der Waals surface area contributed by atoms with Crippen molar-refractivity contribution in [3.63, 3.8) is 0 Å². The summed E-state index contributed by atoms with van der Waals surface area (Å²) in [5.41, 5.74) is 1.48. The van der Waals surface area contributed by atoms with Crippen LogP contribution in [0.3, 0.4) is 0 Å². The van der Waals surface area contributed by atoms with Gasteiger partial charge in [-0.1, -0.05) is 53.5 Å². The average molecular weight is 414 g/mol. The zero-order valence-electron chi connectivity index (χ0n) is 12.8. The molecule has 0 radical (unpaired) electrons. The third-order valence-corrected chi connectivity index (χ3v) is 6.96. The molecule has 1 heterocycles. The van der Waals surface area contributed by atoms with Gasteiger partial charge in [0, 0.05) is 5.69 Å². The van der Waals surface area contributed by atoms with Crippen molar-refractivity contribution < 1.29 is 13.2 Å². The van der Waals surface area contributed by atoms with E-state index in [-0.39, 0.29) is 13.6 Å². The van der Waals surface area contributed by atoms with Crippen LogP contribution in [0, 0.1) is 0 Å². The van der Waals surface area contributed by atoms with Crippen LogP contribution < -0.4 is 9.46 Å². The molecule has 0 unspecified atom stereocenters. The quantitative estimate of drug-likeness (QED) is 0.585. The van der Waals surface area contributed by atoms with Crippen molar-refractivity contribution in [2.75, 3.05) is 4.72 Å². The fraction of sp³-hybridized carbons (Fsp3) is 0.0588. The van der Waals surface area contributed by atoms with Crippen LogP contribution in [-0.4, -0.2) is 8.42 Å². The van der Waals surface area contributed by atoms with E-state index < -0.39 is 10.0 Å². The van der Waals surface area contributed by atoms with E-state index in [4.69, 9.17) is 27.9 Å². The highest BCUT2D eigenvalue weighted by atomic mass is 35.5. The van der Waals surface area contributed by atoms with Crippen LogP contribution in [-0.2, 0) is 16.6 Å². The van der Waals surface area contributed by atoms with Gasteiger partial charge in [-0.25, -0.2) is 8.42 Å². The van der Waals surface area contributed by atoms with E-state index in [1.54, 1.807) is 24.3 Å². The Kier molecular flexibility index (Phi) is 5.54. The van der Waals surface area contributed by atoms with E-state index in [1.807, 2.05) is 30.3 Å².